The van der Waals surface area contributed by atoms with Gasteiger partial charge in [-0.15, -0.1) is 12.4 Å². The molecular formula is C29H33ClN2O5. The summed E-state index contributed by atoms with van der Waals surface area (Å²) in [6.07, 6.45) is 7.92. The van der Waals surface area contributed by atoms with Crippen molar-refractivity contribution in [2.75, 3.05) is 19.7 Å². The number of likely N-dealkylation sites (N-methyl/N-ethyl adjacent to an activating group) is 1. The molecule has 0 saturated heterocycles. The monoisotopic (exact) mass is 524 g/mol. The van der Waals surface area contributed by atoms with Gasteiger partial charge in [0, 0.05) is 36.4 Å². The number of hydrogen-bond acceptors (Lipinski definition) is 6. The van der Waals surface area contributed by atoms with Crippen molar-refractivity contribution in [3.05, 3.63) is 87.4 Å². The smallest absolute Gasteiger partial charge is 0.338 e. The number of rotatable bonds is 7. The average Bonchev–Trinajstić information content (AvgIpc) is 2.84. The first-order chi connectivity index (χ1) is 17.3. The number of halogens is 1. The fourth-order valence-electron chi connectivity index (χ4n) is 4.86. The van der Waals surface area contributed by atoms with Gasteiger partial charge in [0.25, 0.3) is 0 Å². The fraction of sp³-hybridized carbons (Fsp3) is 0.345. The molecule has 0 spiro atoms. The number of carboxylic acid groups (broad SMARTS) is 1. The van der Waals surface area contributed by atoms with Gasteiger partial charge in [0.15, 0.2) is 0 Å². The van der Waals surface area contributed by atoms with Crippen molar-refractivity contribution in [2.24, 2.45) is 10.9 Å². The minimum absolute atomic E-state index is 0. The molecular weight excluding hydrogens is 492 g/mol. The highest BCUT2D eigenvalue weighted by molar-refractivity contribution is 6.11. The first-order valence-corrected chi connectivity index (χ1v) is 12.3. The second kappa shape index (κ2) is 11.6. The molecule has 2 aliphatic carbocycles. The number of aromatic carboxylic acids is 1. The quantitative estimate of drug-likeness (QED) is 0.456. The van der Waals surface area contributed by atoms with Gasteiger partial charge >= 0.3 is 11.9 Å². The van der Waals surface area contributed by atoms with Crippen LogP contribution in [0.1, 0.15) is 60.9 Å². The third-order valence-corrected chi connectivity index (χ3v) is 6.47. The number of carboxylic acids is 1. The van der Waals surface area contributed by atoms with Crippen LogP contribution in [0.25, 0.3) is 5.57 Å². The molecule has 0 amide bonds. The lowest BCUT2D eigenvalue weighted by molar-refractivity contribution is 0.0525. The van der Waals surface area contributed by atoms with Gasteiger partial charge in [-0.25, -0.2) is 9.59 Å². The summed E-state index contributed by atoms with van der Waals surface area (Å²) in [4.78, 5) is 29.4. The standard InChI is InChI=1S/C29H32N2O5.ClH/c1-6-30-23-14-25-21(11-16(23)4)27(22-12-17(5)24(31-7-2)15-26(22)36-25)19-10-9-18(28(32)33)13-20(19)29(34)35-8-3;/h9-15,21,25,30H,6-8H2,1-5H3,(H,32,33);1H. The maximum atomic E-state index is 13.1. The first-order valence-electron chi connectivity index (χ1n) is 12.3. The van der Waals surface area contributed by atoms with Gasteiger partial charge in [-0.3, -0.25) is 4.99 Å². The van der Waals surface area contributed by atoms with Crippen molar-refractivity contribution in [1.29, 1.82) is 0 Å². The van der Waals surface area contributed by atoms with E-state index in [0.29, 0.717) is 17.9 Å². The maximum Gasteiger partial charge on any atom is 0.338 e. The molecule has 196 valence electrons. The number of nitrogens with zero attached hydrogens (tertiary/aromatic N) is 1. The Morgan fingerprint density at radius 2 is 1.86 bits per heavy atom. The highest BCUT2D eigenvalue weighted by Crippen LogP contribution is 2.46. The number of nitrogens with one attached hydrogen (secondary N) is 1. The van der Waals surface area contributed by atoms with Gasteiger partial charge in [-0.05, 0) is 81.2 Å². The molecule has 1 aromatic carbocycles. The zero-order valence-electron chi connectivity index (χ0n) is 21.8. The molecule has 3 aliphatic rings. The highest BCUT2D eigenvalue weighted by atomic mass is 35.5. The molecule has 2 N–H and O–H groups in total. The van der Waals surface area contributed by atoms with Gasteiger partial charge in [0.05, 0.1) is 23.4 Å². The minimum Gasteiger partial charge on any atom is -0.485 e. The molecule has 4 rings (SSSR count). The van der Waals surface area contributed by atoms with Crippen molar-refractivity contribution in [2.45, 2.75) is 40.7 Å². The van der Waals surface area contributed by atoms with Gasteiger partial charge < -0.3 is 19.9 Å². The molecule has 1 heterocycles. The summed E-state index contributed by atoms with van der Waals surface area (Å²) in [6, 6.07) is 4.65. The number of allylic oxidation sites excluding steroid dienone is 4. The molecule has 7 nitrogen and oxygen atoms in total. The van der Waals surface area contributed by atoms with E-state index < -0.39 is 11.9 Å². The van der Waals surface area contributed by atoms with Crippen LogP contribution in [0.3, 0.4) is 0 Å². The van der Waals surface area contributed by atoms with Crippen LogP contribution in [0.15, 0.2) is 75.7 Å². The van der Waals surface area contributed by atoms with Crippen LogP contribution in [0, 0.1) is 5.92 Å². The lowest BCUT2D eigenvalue weighted by Gasteiger charge is -2.39. The van der Waals surface area contributed by atoms with Crippen LogP contribution in [0.2, 0.25) is 0 Å². The van der Waals surface area contributed by atoms with E-state index in [-0.39, 0.29) is 42.2 Å². The summed E-state index contributed by atoms with van der Waals surface area (Å²) in [6.45, 7) is 11.4. The number of esters is 1. The van der Waals surface area contributed by atoms with E-state index >= 15 is 0 Å². The van der Waals surface area contributed by atoms with Gasteiger partial charge in [-0.2, -0.15) is 0 Å². The summed E-state index contributed by atoms with van der Waals surface area (Å²) >= 11 is 0. The molecule has 2 atom stereocenters. The van der Waals surface area contributed by atoms with Crippen LogP contribution in [0.4, 0.5) is 0 Å². The Labute approximate surface area is 223 Å². The van der Waals surface area contributed by atoms with E-state index in [1.54, 1.807) is 13.0 Å². The molecule has 0 fully saturated rings. The maximum absolute atomic E-state index is 13.1. The minimum atomic E-state index is -1.10. The van der Waals surface area contributed by atoms with Crippen LogP contribution in [0.5, 0.6) is 0 Å². The highest BCUT2D eigenvalue weighted by Gasteiger charge is 2.39. The van der Waals surface area contributed by atoms with Gasteiger partial charge in [-0.1, -0.05) is 12.1 Å². The second-order valence-corrected chi connectivity index (χ2v) is 8.88. The van der Waals surface area contributed by atoms with Gasteiger partial charge in [0.1, 0.15) is 11.9 Å². The Balaban J connectivity index is 0.00000380. The van der Waals surface area contributed by atoms with Crippen molar-refractivity contribution < 1.29 is 24.2 Å². The Morgan fingerprint density at radius 1 is 1.11 bits per heavy atom. The summed E-state index contributed by atoms with van der Waals surface area (Å²) in [5.41, 5.74) is 6.61. The third kappa shape index (κ3) is 5.42. The topological polar surface area (TPSA) is 97.2 Å². The number of ether oxygens (including phenoxy) is 2. The average molecular weight is 525 g/mol. The molecule has 1 aromatic rings. The Hall–Kier alpha value is -3.58. The van der Waals surface area contributed by atoms with Crippen LogP contribution in [-0.2, 0) is 9.47 Å². The van der Waals surface area contributed by atoms with Crippen molar-refractivity contribution in [3.8, 4) is 0 Å². The van der Waals surface area contributed by atoms with Crippen molar-refractivity contribution in [1.82, 2.24) is 5.32 Å². The normalized spacial score (nSPS) is 21.3. The number of aliphatic imine (C=N–C) groups is 1. The molecule has 37 heavy (non-hydrogen) atoms. The summed E-state index contributed by atoms with van der Waals surface area (Å²) in [5, 5.41) is 13.0. The molecule has 0 saturated carbocycles. The largest absolute Gasteiger partial charge is 0.485 e. The van der Waals surface area contributed by atoms with E-state index in [9.17, 15) is 14.7 Å². The Morgan fingerprint density at radius 3 is 2.51 bits per heavy atom. The van der Waals surface area contributed by atoms with E-state index in [1.165, 1.54) is 12.1 Å². The number of fused-ring (bicyclic) bond motifs is 2. The van der Waals surface area contributed by atoms with E-state index in [1.807, 2.05) is 39.8 Å². The second-order valence-electron chi connectivity index (χ2n) is 8.88. The number of hydrogen-bond donors (Lipinski definition) is 2. The zero-order valence-corrected chi connectivity index (χ0v) is 22.6. The molecule has 1 aliphatic heterocycles. The number of benzene rings is 1. The fourth-order valence-corrected chi connectivity index (χ4v) is 4.86. The Kier molecular flexibility index (Phi) is 8.81. The molecule has 0 radical (unpaired) electrons. The predicted octanol–water partition coefficient (Wildman–Crippen LogP) is 5.51. The summed E-state index contributed by atoms with van der Waals surface area (Å²) in [5.74, 6) is -1.16. The van der Waals surface area contributed by atoms with Crippen molar-refractivity contribution >= 4 is 35.6 Å². The van der Waals surface area contributed by atoms with E-state index in [4.69, 9.17) is 9.47 Å². The van der Waals surface area contributed by atoms with Crippen LogP contribution >= 0.6 is 12.4 Å². The Bertz CT molecular complexity index is 1300. The summed E-state index contributed by atoms with van der Waals surface area (Å²) < 4.78 is 11.8. The predicted molar refractivity (Wildman–Crippen MR) is 147 cm³/mol. The van der Waals surface area contributed by atoms with Crippen LogP contribution < -0.4 is 5.32 Å². The van der Waals surface area contributed by atoms with Crippen molar-refractivity contribution in [3.63, 3.8) is 0 Å². The van der Waals surface area contributed by atoms with E-state index in [2.05, 4.69) is 22.5 Å². The van der Waals surface area contributed by atoms with Crippen LogP contribution in [-0.4, -0.2) is 48.6 Å². The number of carbonyl (C=O) groups excluding carboxylic acids is 1. The van der Waals surface area contributed by atoms with Gasteiger partial charge in [0.2, 0.25) is 0 Å². The zero-order chi connectivity index (χ0) is 26.0. The van der Waals surface area contributed by atoms with E-state index in [0.717, 1.165) is 40.2 Å². The lowest BCUT2D eigenvalue weighted by Crippen LogP contribution is -2.34. The first kappa shape index (κ1) is 28.0. The number of carbonyl (C=O) groups is 2. The summed E-state index contributed by atoms with van der Waals surface area (Å²) in [7, 11) is 0. The molecule has 0 aromatic heterocycles. The third-order valence-electron chi connectivity index (χ3n) is 6.47. The SMILES string of the molecule is CCN=C1C=C2OC3C=C(NCC)C(C)=CC3C(c3ccc(C(=O)O)cc3C(=O)OCC)=C2C=C1C.Cl. The molecule has 2 unspecified atom stereocenters. The molecule has 0 bridgehead atoms. The lowest BCUT2D eigenvalue weighted by atomic mass is 9.75. The molecule has 8 heteroatoms.